The van der Waals surface area contributed by atoms with Crippen LogP contribution in [0.3, 0.4) is 0 Å². The number of amides is 1. The molecule has 0 spiro atoms. The molecule has 1 amide bonds. The molecule has 3 rings (SSSR count). The third-order valence-corrected chi connectivity index (χ3v) is 4.31. The van der Waals surface area contributed by atoms with E-state index in [0.717, 1.165) is 35.2 Å². The zero-order valence-electron chi connectivity index (χ0n) is 15.4. The number of hydrogen-bond donors (Lipinski definition) is 1. The van der Waals surface area contributed by atoms with Gasteiger partial charge in [-0.05, 0) is 48.5 Å². The van der Waals surface area contributed by atoms with Gasteiger partial charge in [-0.1, -0.05) is 12.1 Å². The third kappa shape index (κ3) is 4.40. The van der Waals surface area contributed by atoms with Gasteiger partial charge >= 0.3 is 6.18 Å². The molecule has 0 aliphatic rings. The van der Waals surface area contributed by atoms with Crippen LogP contribution < -0.4 is 10.2 Å². The minimum atomic E-state index is -4.85. The fourth-order valence-corrected chi connectivity index (χ4v) is 2.86. The molecule has 0 aliphatic carbocycles. The molecule has 0 radical (unpaired) electrons. The molecule has 0 atom stereocenters. The molecule has 9 heteroatoms. The summed E-state index contributed by atoms with van der Waals surface area (Å²) in [5.41, 5.74) is -2.23. The summed E-state index contributed by atoms with van der Waals surface area (Å²) in [5, 5.41) is 2.32. The summed E-state index contributed by atoms with van der Waals surface area (Å²) in [6.07, 6.45) is -4.85. The van der Waals surface area contributed by atoms with Gasteiger partial charge in [0.25, 0.3) is 5.91 Å². The zero-order valence-corrected chi connectivity index (χ0v) is 15.4. The van der Waals surface area contributed by atoms with Crippen molar-refractivity contribution in [2.75, 3.05) is 17.3 Å². The van der Waals surface area contributed by atoms with Gasteiger partial charge in [-0.25, -0.2) is 13.2 Å². The van der Waals surface area contributed by atoms with E-state index in [1.54, 1.807) is 0 Å². The number of carbonyl (C=O) groups is 1. The number of carbonyl (C=O) groups excluding carboxylic acids is 1. The molecule has 0 bridgehead atoms. The van der Waals surface area contributed by atoms with E-state index < -0.39 is 40.8 Å². The van der Waals surface area contributed by atoms with Gasteiger partial charge in [0.15, 0.2) is 0 Å². The monoisotopic (exact) mass is 424 g/mol. The minimum Gasteiger partial charge on any atom is -0.342 e. The molecular formula is C21H14F6N2O. The minimum absolute atomic E-state index is 0.0203. The van der Waals surface area contributed by atoms with Crippen LogP contribution in [0.15, 0.2) is 60.7 Å². The first-order valence-corrected chi connectivity index (χ1v) is 8.54. The van der Waals surface area contributed by atoms with Gasteiger partial charge in [0.05, 0.1) is 22.5 Å². The molecule has 0 heterocycles. The van der Waals surface area contributed by atoms with Crippen molar-refractivity contribution in [3.63, 3.8) is 0 Å². The number of hydrogen-bond acceptors (Lipinski definition) is 2. The highest BCUT2D eigenvalue weighted by molar-refractivity contribution is 6.04. The van der Waals surface area contributed by atoms with Crippen molar-refractivity contribution in [1.29, 1.82) is 0 Å². The Bertz CT molecular complexity index is 1100. The quantitative estimate of drug-likeness (QED) is 0.510. The smallest absolute Gasteiger partial charge is 0.342 e. The van der Waals surface area contributed by atoms with Crippen molar-refractivity contribution in [2.24, 2.45) is 0 Å². The lowest BCUT2D eigenvalue weighted by Gasteiger charge is -2.24. The molecule has 0 aliphatic heterocycles. The number of nitrogens with zero attached hydrogens (tertiary/aromatic N) is 1. The molecule has 0 saturated carbocycles. The summed E-state index contributed by atoms with van der Waals surface area (Å²) in [6.45, 7) is 0. The summed E-state index contributed by atoms with van der Waals surface area (Å²) in [6, 6.07) is 10.5. The molecule has 156 valence electrons. The van der Waals surface area contributed by atoms with Gasteiger partial charge in [-0.3, -0.25) is 4.79 Å². The molecule has 30 heavy (non-hydrogen) atoms. The summed E-state index contributed by atoms with van der Waals surface area (Å²) in [7, 11) is 1.19. The number of anilines is 3. The van der Waals surface area contributed by atoms with Crippen LogP contribution in [0.25, 0.3) is 0 Å². The van der Waals surface area contributed by atoms with E-state index in [-0.39, 0.29) is 16.9 Å². The normalized spacial score (nSPS) is 11.3. The van der Waals surface area contributed by atoms with Gasteiger partial charge in [0, 0.05) is 12.7 Å². The maximum absolute atomic E-state index is 14.6. The molecule has 3 aromatic rings. The van der Waals surface area contributed by atoms with Crippen LogP contribution in [0.1, 0.15) is 15.9 Å². The number of halogens is 6. The van der Waals surface area contributed by atoms with Crippen LogP contribution in [0.2, 0.25) is 0 Å². The predicted molar refractivity (Wildman–Crippen MR) is 100 cm³/mol. The van der Waals surface area contributed by atoms with Gasteiger partial charge in [0.2, 0.25) is 0 Å². The predicted octanol–water partition coefficient (Wildman–Crippen LogP) is 6.14. The fourth-order valence-electron chi connectivity index (χ4n) is 2.86. The Morgan fingerprint density at radius 3 is 2.17 bits per heavy atom. The summed E-state index contributed by atoms with van der Waals surface area (Å²) in [5.74, 6) is -3.60. The number of benzene rings is 3. The Balaban J connectivity index is 1.89. The number of alkyl halides is 3. The highest BCUT2D eigenvalue weighted by atomic mass is 19.4. The van der Waals surface area contributed by atoms with E-state index in [1.165, 1.54) is 31.3 Å². The second-order valence-corrected chi connectivity index (χ2v) is 6.32. The van der Waals surface area contributed by atoms with E-state index in [9.17, 15) is 31.1 Å². The van der Waals surface area contributed by atoms with E-state index in [4.69, 9.17) is 0 Å². The molecule has 0 fully saturated rings. The molecular weight excluding hydrogens is 410 g/mol. The maximum atomic E-state index is 14.6. The zero-order chi connectivity index (χ0) is 22.1. The first kappa shape index (κ1) is 21.2. The van der Waals surface area contributed by atoms with Crippen molar-refractivity contribution in [2.45, 2.75) is 6.18 Å². The summed E-state index contributed by atoms with van der Waals surface area (Å²) < 4.78 is 81.3. The Labute approximate surface area is 167 Å². The molecule has 0 saturated heterocycles. The Morgan fingerprint density at radius 2 is 1.53 bits per heavy atom. The topological polar surface area (TPSA) is 32.3 Å². The fraction of sp³-hybridized carbons (Fsp3) is 0.0952. The Kier molecular flexibility index (Phi) is 5.73. The van der Waals surface area contributed by atoms with E-state index in [2.05, 4.69) is 5.32 Å². The van der Waals surface area contributed by atoms with Crippen LogP contribution in [0.5, 0.6) is 0 Å². The molecule has 3 nitrogen and oxygen atoms in total. The molecule has 3 aromatic carbocycles. The second kappa shape index (κ2) is 8.10. The lowest BCUT2D eigenvalue weighted by atomic mass is 10.1. The van der Waals surface area contributed by atoms with Gasteiger partial charge in [0.1, 0.15) is 17.5 Å². The molecule has 0 aromatic heterocycles. The van der Waals surface area contributed by atoms with Crippen molar-refractivity contribution in [3.8, 4) is 0 Å². The number of rotatable bonds is 4. The standard InChI is InChI=1S/C21H14F6N2O/c1-29(18-8-6-12(22)10-15(18)21(25,26)27)19-9-7-13(11-17(19)24)28-20(30)14-4-2-3-5-16(14)23/h2-11H,1H3,(H,28,30). The van der Waals surface area contributed by atoms with Gasteiger partial charge in [-0.2, -0.15) is 13.2 Å². The van der Waals surface area contributed by atoms with E-state index >= 15 is 0 Å². The van der Waals surface area contributed by atoms with Crippen LogP contribution in [-0.4, -0.2) is 13.0 Å². The average molecular weight is 424 g/mol. The summed E-state index contributed by atoms with van der Waals surface area (Å²) in [4.78, 5) is 13.0. The van der Waals surface area contributed by atoms with Crippen LogP contribution in [-0.2, 0) is 6.18 Å². The second-order valence-electron chi connectivity index (χ2n) is 6.32. The van der Waals surface area contributed by atoms with E-state index in [1.807, 2.05) is 0 Å². The van der Waals surface area contributed by atoms with Crippen LogP contribution >= 0.6 is 0 Å². The van der Waals surface area contributed by atoms with Crippen molar-refractivity contribution in [3.05, 3.63) is 89.2 Å². The SMILES string of the molecule is CN(c1ccc(NC(=O)c2ccccc2F)cc1F)c1ccc(F)cc1C(F)(F)F. The van der Waals surface area contributed by atoms with Crippen LogP contribution in [0, 0.1) is 17.5 Å². The lowest BCUT2D eigenvalue weighted by molar-refractivity contribution is -0.137. The van der Waals surface area contributed by atoms with Crippen molar-refractivity contribution < 1.29 is 31.1 Å². The Morgan fingerprint density at radius 1 is 0.867 bits per heavy atom. The van der Waals surface area contributed by atoms with Crippen LogP contribution in [0.4, 0.5) is 43.4 Å². The molecule has 0 unspecified atom stereocenters. The first-order valence-electron chi connectivity index (χ1n) is 8.54. The highest BCUT2D eigenvalue weighted by Crippen LogP contribution is 2.39. The molecule has 1 N–H and O–H groups in total. The van der Waals surface area contributed by atoms with Gasteiger partial charge in [-0.15, -0.1) is 0 Å². The number of nitrogens with one attached hydrogen (secondary N) is 1. The third-order valence-electron chi connectivity index (χ3n) is 4.31. The average Bonchev–Trinajstić information content (AvgIpc) is 2.67. The maximum Gasteiger partial charge on any atom is 0.418 e. The largest absolute Gasteiger partial charge is 0.418 e. The highest BCUT2D eigenvalue weighted by Gasteiger charge is 2.35. The van der Waals surface area contributed by atoms with Crippen molar-refractivity contribution >= 4 is 23.0 Å². The van der Waals surface area contributed by atoms with Gasteiger partial charge < -0.3 is 10.2 Å². The summed E-state index contributed by atoms with van der Waals surface area (Å²) >= 11 is 0. The van der Waals surface area contributed by atoms with Crippen molar-refractivity contribution in [1.82, 2.24) is 0 Å². The Hall–Kier alpha value is -3.49. The first-order chi connectivity index (χ1) is 14.1. The van der Waals surface area contributed by atoms with E-state index in [0.29, 0.717) is 6.07 Å². The lowest BCUT2D eigenvalue weighted by Crippen LogP contribution is -2.18.